The molecule has 1 aliphatic heterocycles. The zero-order valence-corrected chi connectivity index (χ0v) is 11.0. The van der Waals surface area contributed by atoms with E-state index in [1.54, 1.807) is 10.9 Å². The van der Waals surface area contributed by atoms with Crippen molar-refractivity contribution in [1.29, 1.82) is 0 Å². The number of ether oxygens (including phenoxy) is 1. The number of pyridine rings is 1. The van der Waals surface area contributed by atoms with Crippen LogP contribution in [0.1, 0.15) is 24.5 Å². The number of nitrogens with zero attached hydrogens (tertiary/aromatic N) is 3. The minimum Gasteiger partial charge on any atom is -0.383 e. The molecule has 0 amide bonds. The number of nitrogens with two attached hydrogens (primary N) is 1. The summed E-state index contributed by atoms with van der Waals surface area (Å²) in [5.41, 5.74) is 9.33. The van der Waals surface area contributed by atoms with Crippen LogP contribution in [0.25, 0.3) is 11.1 Å². The normalized spacial score (nSPS) is 16.7. The molecule has 100 valence electrons. The molecule has 0 spiro atoms. The van der Waals surface area contributed by atoms with Crippen LogP contribution in [0.15, 0.2) is 24.5 Å². The highest BCUT2D eigenvalue weighted by atomic mass is 16.5. The first-order chi connectivity index (χ1) is 9.27. The first-order valence-electron chi connectivity index (χ1n) is 6.58. The van der Waals surface area contributed by atoms with Crippen molar-refractivity contribution in [2.24, 2.45) is 7.05 Å². The topological polar surface area (TPSA) is 66.0 Å². The Hall–Kier alpha value is -1.88. The number of aryl methyl sites for hydroxylation is 1. The van der Waals surface area contributed by atoms with Crippen molar-refractivity contribution in [1.82, 2.24) is 14.8 Å². The van der Waals surface area contributed by atoms with E-state index in [0.717, 1.165) is 42.9 Å². The number of hydrogen-bond acceptors (Lipinski definition) is 4. The van der Waals surface area contributed by atoms with Crippen molar-refractivity contribution in [3.63, 3.8) is 0 Å². The third-order valence-electron chi connectivity index (χ3n) is 3.68. The number of rotatable bonds is 2. The fourth-order valence-corrected chi connectivity index (χ4v) is 2.62. The molecule has 0 aromatic carbocycles. The number of nitrogen functional groups attached to an aromatic ring is 1. The Morgan fingerprint density at radius 3 is 2.84 bits per heavy atom. The Balaban J connectivity index is 2.07. The third kappa shape index (κ3) is 2.21. The van der Waals surface area contributed by atoms with Gasteiger partial charge in [0.2, 0.25) is 0 Å². The van der Waals surface area contributed by atoms with Crippen LogP contribution < -0.4 is 5.73 Å². The van der Waals surface area contributed by atoms with Crippen LogP contribution in [0, 0.1) is 0 Å². The second-order valence-corrected chi connectivity index (χ2v) is 4.90. The molecule has 0 saturated carbocycles. The molecule has 2 aromatic rings. The Labute approximate surface area is 112 Å². The van der Waals surface area contributed by atoms with Crippen LogP contribution in [-0.2, 0) is 11.8 Å². The fourth-order valence-electron chi connectivity index (χ4n) is 2.62. The van der Waals surface area contributed by atoms with Gasteiger partial charge in [-0.25, -0.2) is 0 Å². The Morgan fingerprint density at radius 1 is 1.37 bits per heavy atom. The summed E-state index contributed by atoms with van der Waals surface area (Å²) in [5, 5.41) is 4.62. The van der Waals surface area contributed by atoms with Crippen LogP contribution >= 0.6 is 0 Å². The maximum atomic E-state index is 6.18. The van der Waals surface area contributed by atoms with E-state index in [0.29, 0.717) is 11.7 Å². The van der Waals surface area contributed by atoms with Crippen molar-refractivity contribution in [3.05, 3.63) is 30.2 Å². The summed E-state index contributed by atoms with van der Waals surface area (Å²) in [4.78, 5) is 4.18. The second kappa shape index (κ2) is 5.01. The lowest BCUT2D eigenvalue weighted by atomic mass is 9.91. The standard InChI is InChI=1S/C14H18N4O/c1-18-14(15)12(11-3-2-6-16-9-11)13(17-18)10-4-7-19-8-5-10/h2-3,6,9-10H,4-5,7-8,15H2,1H3. The lowest BCUT2D eigenvalue weighted by Gasteiger charge is -2.21. The largest absolute Gasteiger partial charge is 0.383 e. The molecule has 2 aromatic heterocycles. The van der Waals surface area contributed by atoms with E-state index in [4.69, 9.17) is 10.5 Å². The second-order valence-electron chi connectivity index (χ2n) is 4.90. The zero-order valence-electron chi connectivity index (χ0n) is 11.0. The lowest BCUT2D eigenvalue weighted by molar-refractivity contribution is 0.0845. The highest BCUT2D eigenvalue weighted by Crippen LogP contribution is 2.37. The average Bonchev–Trinajstić information content (AvgIpc) is 2.77. The molecule has 0 aliphatic carbocycles. The molecule has 1 aliphatic rings. The monoisotopic (exact) mass is 258 g/mol. The summed E-state index contributed by atoms with van der Waals surface area (Å²) in [6.07, 6.45) is 5.62. The Morgan fingerprint density at radius 2 is 2.16 bits per heavy atom. The Bertz CT molecular complexity index is 558. The quantitative estimate of drug-likeness (QED) is 0.894. The van der Waals surface area contributed by atoms with Gasteiger partial charge in [-0.05, 0) is 18.9 Å². The van der Waals surface area contributed by atoms with Crippen LogP contribution in [0.2, 0.25) is 0 Å². The van der Waals surface area contributed by atoms with Crippen LogP contribution in [-0.4, -0.2) is 28.0 Å². The molecule has 0 unspecified atom stereocenters. The first-order valence-corrected chi connectivity index (χ1v) is 6.58. The van der Waals surface area contributed by atoms with Gasteiger partial charge in [-0.3, -0.25) is 9.67 Å². The first kappa shape index (κ1) is 12.2. The van der Waals surface area contributed by atoms with E-state index in [1.807, 2.05) is 25.4 Å². The molecular formula is C14H18N4O. The SMILES string of the molecule is Cn1nc(C2CCOCC2)c(-c2cccnc2)c1N. The summed E-state index contributed by atoms with van der Waals surface area (Å²) >= 11 is 0. The third-order valence-corrected chi connectivity index (χ3v) is 3.68. The van der Waals surface area contributed by atoms with E-state index in [-0.39, 0.29) is 0 Å². The average molecular weight is 258 g/mol. The van der Waals surface area contributed by atoms with Gasteiger partial charge in [0.05, 0.1) is 5.69 Å². The van der Waals surface area contributed by atoms with Crippen molar-refractivity contribution in [2.45, 2.75) is 18.8 Å². The molecule has 5 heteroatoms. The van der Waals surface area contributed by atoms with Gasteiger partial charge in [-0.2, -0.15) is 5.10 Å². The molecule has 19 heavy (non-hydrogen) atoms. The molecule has 3 rings (SSSR count). The molecule has 0 bridgehead atoms. The summed E-state index contributed by atoms with van der Waals surface area (Å²) in [6, 6.07) is 3.96. The number of hydrogen-bond donors (Lipinski definition) is 1. The van der Waals surface area contributed by atoms with Crippen LogP contribution in [0.3, 0.4) is 0 Å². The van der Waals surface area contributed by atoms with Crippen molar-refractivity contribution in [2.75, 3.05) is 18.9 Å². The van der Waals surface area contributed by atoms with Gasteiger partial charge in [-0.1, -0.05) is 6.07 Å². The van der Waals surface area contributed by atoms with Crippen molar-refractivity contribution in [3.8, 4) is 11.1 Å². The predicted molar refractivity (Wildman–Crippen MR) is 73.6 cm³/mol. The van der Waals surface area contributed by atoms with Gasteiger partial charge >= 0.3 is 0 Å². The molecule has 5 nitrogen and oxygen atoms in total. The maximum absolute atomic E-state index is 6.18. The molecule has 1 saturated heterocycles. The molecule has 1 fully saturated rings. The molecule has 2 N–H and O–H groups in total. The summed E-state index contributed by atoms with van der Waals surface area (Å²) < 4.78 is 7.18. The highest BCUT2D eigenvalue weighted by molar-refractivity contribution is 5.76. The minimum absolute atomic E-state index is 0.424. The van der Waals surface area contributed by atoms with Crippen LogP contribution in [0.4, 0.5) is 5.82 Å². The van der Waals surface area contributed by atoms with Crippen LogP contribution in [0.5, 0.6) is 0 Å². The van der Waals surface area contributed by atoms with Gasteiger partial charge < -0.3 is 10.5 Å². The smallest absolute Gasteiger partial charge is 0.129 e. The summed E-state index contributed by atoms with van der Waals surface area (Å²) in [7, 11) is 1.89. The molecule has 0 atom stereocenters. The number of aromatic nitrogens is 3. The summed E-state index contributed by atoms with van der Waals surface area (Å²) in [6.45, 7) is 1.60. The predicted octanol–water partition coefficient (Wildman–Crippen LogP) is 1.96. The van der Waals surface area contributed by atoms with Gasteiger partial charge in [0.1, 0.15) is 5.82 Å². The van der Waals surface area contributed by atoms with E-state index >= 15 is 0 Å². The van der Waals surface area contributed by atoms with Gasteiger partial charge in [-0.15, -0.1) is 0 Å². The van der Waals surface area contributed by atoms with Gasteiger partial charge in [0.25, 0.3) is 0 Å². The molecule has 3 heterocycles. The zero-order chi connectivity index (χ0) is 13.2. The minimum atomic E-state index is 0.424. The lowest BCUT2D eigenvalue weighted by Crippen LogP contribution is -2.15. The Kier molecular flexibility index (Phi) is 3.21. The van der Waals surface area contributed by atoms with E-state index in [1.165, 1.54) is 0 Å². The van der Waals surface area contributed by atoms with E-state index < -0.39 is 0 Å². The fraction of sp³-hybridized carbons (Fsp3) is 0.429. The van der Waals surface area contributed by atoms with Gasteiger partial charge in [0.15, 0.2) is 0 Å². The van der Waals surface area contributed by atoms with E-state index in [9.17, 15) is 0 Å². The highest BCUT2D eigenvalue weighted by Gasteiger charge is 2.25. The van der Waals surface area contributed by atoms with Crippen molar-refractivity contribution < 1.29 is 4.74 Å². The summed E-state index contributed by atoms with van der Waals surface area (Å²) in [5.74, 6) is 1.13. The molecular weight excluding hydrogens is 240 g/mol. The van der Waals surface area contributed by atoms with Crippen molar-refractivity contribution >= 4 is 5.82 Å². The molecule has 0 radical (unpaired) electrons. The van der Waals surface area contributed by atoms with Gasteiger partial charge in [0, 0.05) is 49.7 Å². The van der Waals surface area contributed by atoms with E-state index in [2.05, 4.69) is 10.1 Å². The maximum Gasteiger partial charge on any atom is 0.129 e. The number of anilines is 1.